The molecule has 0 bridgehead atoms. The Morgan fingerprint density at radius 2 is 1.62 bits per heavy atom. The molecule has 0 aliphatic rings. The van der Waals surface area contributed by atoms with Crippen LogP contribution in [0.3, 0.4) is 0 Å². The van der Waals surface area contributed by atoms with Crippen molar-refractivity contribution in [3.63, 3.8) is 0 Å². The average Bonchev–Trinajstić information content (AvgIpc) is 3.07. The Balaban J connectivity index is 1.80. The van der Waals surface area contributed by atoms with Gasteiger partial charge in [0, 0.05) is 11.6 Å². The van der Waals surface area contributed by atoms with Crippen molar-refractivity contribution in [2.45, 2.75) is 6.54 Å². The molecule has 4 rings (SSSR count). The predicted molar refractivity (Wildman–Crippen MR) is 112 cm³/mol. The largest absolute Gasteiger partial charge is 0.286 e. The lowest BCUT2D eigenvalue weighted by atomic mass is 10.1. The van der Waals surface area contributed by atoms with Crippen LogP contribution in [0.4, 0.5) is 8.78 Å². The Labute approximate surface area is 171 Å². The molecule has 0 N–H and O–H groups in total. The number of hydrogen-bond acceptors (Lipinski definition) is 2. The van der Waals surface area contributed by atoms with Gasteiger partial charge in [0.1, 0.15) is 23.0 Å². The summed E-state index contributed by atoms with van der Waals surface area (Å²) >= 11 is 6.60. The van der Waals surface area contributed by atoms with E-state index in [1.54, 1.807) is 6.21 Å². The Morgan fingerprint density at radius 1 is 0.931 bits per heavy atom. The lowest BCUT2D eigenvalue weighted by molar-refractivity contribution is 0.587. The minimum Gasteiger partial charge on any atom is -0.286 e. The fourth-order valence-corrected chi connectivity index (χ4v) is 3.26. The molecule has 29 heavy (non-hydrogen) atoms. The fraction of sp³-hybridized carbons (Fsp3) is 0.0435. The van der Waals surface area contributed by atoms with Crippen molar-refractivity contribution < 1.29 is 8.78 Å². The summed E-state index contributed by atoms with van der Waals surface area (Å²) in [6.07, 6.45) is 1.55. The second-order valence-corrected chi connectivity index (χ2v) is 6.75. The number of benzene rings is 3. The van der Waals surface area contributed by atoms with Crippen LogP contribution in [0.25, 0.3) is 16.9 Å². The van der Waals surface area contributed by atoms with Gasteiger partial charge in [0.25, 0.3) is 0 Å². The van der Waals surface area contributed by atoms with Gasteiger partial charge in [0.15, 0.2) is 0 Å². The van der Waals surface area contributed by atoms with Crippen molar-refractivity contribution in [3.8, 4) is 16.9 Å². The number of aromatic nitrogens is 2. The highest BCUT2D eigenvalue weighted by Gasteiger charge is 2.20. The van der Waals surface area contributed by atoms with E-state index in [1.807, 2.05) is 60.7 Å². The summed E-state index contributed by atoms with van der Waals surface area (Å²) in [5.74, 6) is -1.16. The molecule has 0 aliphatic heterocycles. The first-order chi connectivity index (χ1) is 14.1. The Bertz CT molecular complexity index is 1160. The monoisotopic (exact) mass is 407 g/mol. The first-order valence-electron chi connectivity index (χ1n) is 8.96. The molecule has 0 spiro atoms. The highest BCUT2D eigenvalue weighted by Crippen LogP contribution is 2.33. The maximum Gasteiger partial charge on any atom is 0.149 e. The third-order valence-electron chi connectivity index (χ3n) is 4.37. The molecule has 0 aliphatic carbocycles. The molecule has 6 heteroatoms. The fourth-order valence-electron chi connectivity index (χ4n) is 2.99. The average molecular weight is 408 g/mol. The van der Waals surface area contributed by atoms with Crippen LogP contribution in [0.1, 0.15) is 11.3 Å². The molecule has 3 aromatic carbocycles. The summed E-state index contributed by atoms with van der Waals surface area (Å²) in [5.41, 5.74) is 2.60. The van der Waals surface area contributed by atoms with E-state index in [-0.39, 0.29) is 5.69 Å². The van der Waals surface area contributed by atoms with Gasteiger partial charge in [-0.2, -0.15) is 5.10 Å². The van der Waals surface area contributed by atoms with E-state index < -0.39 is 11.6 Å². The molecular formula is C23H16ClF2N3. The molecule has 0 fully saturated rings. The van der Waals surface area contributed by atoms with E-state index >= 15 is 0 Å². The molecule has 0 saturated carbocycles. The number of rotatable bonds is 5. The van der Waals surface area contributed by atoms with Crippen molar-refractivity contribution in [1.82, 2.24) is 9.78 Å². The molecule has 144 valence electrons. The maximum atomic E-state index is 14.5. The standard InChI is InChI=1S/C23H16ClF2N3/c24-22-20(15-27-14-16-7-3-1-4-8-16)28-29(21-13-18(25)11-12-19(21)26)23(22)17-9-5-2-6-10-17/h1-13,15H,14H2. The van der Waals surface area contributed by atoms with Crippen LogP contribution < -0.4 is 0 Å². The highest BCUT2D eigenvalue weighted by molar-refractivity contribution is 6.35. The van der Waals surface area contributed by atoms with E-state index in [2.05, 4.69) is 10.1 Å². The summed E-state index contributed by atoms with van der Waals surface area (Å²) in [6, 6.07) is 22.2. The van der Waals surface area contributed by atoms with Gasteiger partial charge in [-0.25, -0.2) is 13.5 Å². The van der Waals surface area contributed by atoms with Gasteiger partial charge in [-0.15, -0.1) is 0 Å². The second kappa shape index (κ2) is 8.37. The zero-order valence-corrected chi connectivity index (χ0v) is 16.0. The van der Waals surface area contributed by atoms with Gasteiger partial charge in [0.05, 0.1) is 23.5 Å². The molecule has 0 radical (unpaired) electrons. The van der Waals surface area contributed by atoms with Crippen LogP contribution in [-0.4, -0.2) is 16.0 Å². The van der Waals surface area contributed by atoms with Crippen molar-refractivity contribution in [1.29, 1.82) is 0 Å². The van der Waals surface area contributed by atoms with Crippen molar-refractivity contribution in [2.75, 3.05) is 0 Å². The smallest absolute Gasteiger partial charge is 0.149 e. The Kier molecular flexibility index (Phi) is 5.49. The third-order valence-corrected chi connectivity index (χ3v) is 4.74. The lowest BCUT2D eigenvalue weighted by Crippen LogP contribution is -2.03. The summed E-state index contributed by atoms with van der Waals surface area (Å²) in [4.78, 5) is 4.40. The second-order valence-electron chi connectivity index (χ2n) is 6.38. The first-order valence-corrected chi connectivity index (χ1v) is 9.34. The zero-order valence-electron chi connectivity index (χ0n) is 15.3. The molecule has 0 saturated heterocycles. The summed E-state index contributed by atoms with van der Waals surface area (Å²) < 4.78 is 29.6. The summed E-state index contributed by atoms with van der Waals surface area (Å²) in [5, 5.41) is 4.73. The number of nitrogens with zero attached hydrogens (tertiary/aromatic N) is 3. The van der Waals surface area contributed by atoms with Crippen LogP contribution in [0.15, 0.2) is 83.9 Å². The summed E-state index contributed by atoms with van der Waals surface area (Å²) in [6.45, 7) is 0.457. The van der Waals surface area contributed by atoms with E-state index in [9.17, 15) is 8.78 Å². The van der Waals surface area contributed by atoms with Crippen molar-refractivity contribution in [3.05, 3.63) is 107 Å². The molecule has 3 nitrogen and oxygen atoms in total. The SMILES string of the molecule is Fc1ccc(F)c(-n2nc(C=NCc3ccccc3)c(Cl)c2-c2ccccc2)c1. The Hall–Kier alpha value is -3.31. The molecule has 0 unspecified atom stereocenters. The van der Waals surface area contributed by atoms with E-state index in [0.717, 1.165) is 29.3 Å². The molecule has 0 atom stereocenters. The quantitative estimate of drug-likeness (QED) is 0.368. The number of hydrogen-bond donors (Lipinski definition) is 0. The van der Waals surface area contributed by atoms with Gasteiger partial charge < -0.3 is 0 Å². The van der Waals surface area contributed by atoms with E-state index in [4.69, 9.17) is 11.6 Å². The number of halogens is 3. The Morgan fingerprint density at radius 3 is 2.34 bits per heavy atom. The first kappa shape index (κ1) is 19.0. The zero-order chi connectivity index (χ0) is 20.2. The van der Waals surface area contributed by atoms with Crippen LogP contribution in [0.2, 0.25) is 5.02 Å². The molecule has 1 heterocycles. The lowest BCUT2D eigenvalue weighted by Gasteiger charge is -2.09. The topological polar surface area (TPSA) is 30.2 Å². The van der Waals surface area contributed by atoms with Crippen LogP contribution in [0, 0.1) is 11.6 Å². The normalized spacial score (nSPS) is 11.3. The molecule has 1 aromatic heterocycles. The third kappa shape index (κ3) is 4.10. The minimum atomic E-state index is -0.601. The molecule has 4 aromatic rings. The highest BCUT2D eigenvalue weighted by atomic mass is 35.5. The van der Waals surface area contributed by atoms with Crippen molar-refractivity contribution >= 4 is 17.8 Å². The molecule has 0 amide bonds. The van der Waals surface area contributed by atoms with Crippen molar-refractivity contribution in [2.24, 2.45) is 4.99 Å². The van der Waals surface area contributed by atoms with Crippen LogP contribution >= 0.6 is 11.6 Å². The van der Waals surface area contributed by atoms with Crippen LogP contribution in [0.5, 0.6) is 0 Å². The van der Waals surface area contributed by atoms with Gasteiger partial charge in [-0.05, 0) is 17.7 Å². The summed E-state index contributed by atoms with van der Waals surface area (Å²) in [7, 11) is 0. The minimum absolute atomic E-state index is 0.0199. The molecular weight excluding hydrogens is 392 g/mol. The van der Waals surface area contributed by atoms with E-state index in [1.165, 1.54) is 4.68 Å². The van der Waals surface area contributed by atoms with Crippen LogP contribution in [-0.2, 0) is 6.54 Å². The van der Waals surface area contributed by atoms with Gasteiger partial charge in [0.2, 0.25) is 0 Å². The van der Waals surface area contributed by atoms with E-state index in [0.29, 0.717) is 23.0 Å². The number of aliphatic imine (C=N–C) groups is 1. The van der Waals surface area contributed by atoms with Gasteiger partial charge >= 0.3 is 0 Å². The van der Waals surface area contributed by atoms with Gasteiger partial charge in [-0.3, -0.25) is 4.99 Å². The maximum absolute atomic E-state index is 14.5. The predicted octanol–water partition coefficient (Wildman–Crippen LogP) is 6.09. The van der Waals surface area contributed by atoms with Gasteiger partial charge in [-0.1, -0.05) is 72.3 Å².